The molecule has 0 aromatic heterocycles. The number of nitrogens with one attached hydrogen (secondary N) is 2. The monoisotopic (exact) mass is 1260 g/mol. The van der Waals surface area contributed by atoms with E-state index in [1.807, 2.05) is 0 Å². The summed E-state index contributed by atoms with van der Waals surface area (Å²) in [6.07, 6.45) is -67.6. The van der Waals surface area contributed by atoms with Crippen molar-refractivity contribution in [1.29, 1.82) is 0 Å². The van der Waals surface area contributed by atoms with E-state index in [9.17, 15) is 122 Å². The first kappa shape index (κ1) is 71.0. The van der Waals surface area contributed by atoms with Crippen LogP contribution in [0.4, 0.5) is 0 Å². The number of aliphatic hydroxyl groups excluding tert-OH is 22. The standard InChI is InChI=1S/C47H80N2O37/c1-10(57)48-19-25(63)21(59)12(3-50)74-42(19)84-38-20(49-11(2)58)43(75-14(5-52)23(38)61)85-39-24(62)15(6-53)77-47(34(39)72)83-36-17(8-55)79-46(33(71)29(36)67)82-35-16(7-54)78-44(32(70)28(35)66)80-18(9-56)37-40(27(65)30(68)41(73)81-37)86-45-31(69)26(64)22(60)13(4-51)76-45/h12-47,50-56,59-73H,3-9H2,1-2H3,(H,48,57)(H,49,58)/t12-,13-,14-,15-,16-,17-,18+,19-,20-,21+,22-,23+,24+,25-,26+,27-,28-,29-,30+,31-,32-,33-,34-,35-,36+,37-,38-,39+,40+,41+,42-,43+,44+,45+,46+,47-/m1/s1. The van der Waals surface area contributed by atoms with Gasteiger partial charge in [-0.3, -0.25) is 9.59 Å². The Kier molecular flexibility index (Phi) is 25.4. The van der Waals surface area contributed by atoms with Gasteiger partial charge in [0.15, 0.2) is 44.0 Å². The number of ether oxygens (including phenoxy) is 13. The maximum atomic E-state index is 12.7. The highest BCUT2D eigenvalue weighted by Crippen LogP contribution is 2.38. The minimum Gasteiger partial charge on any atom is -0.394 e. The van der Waals surface area contributed by atoms with Crippen LogP contribution in [0.2, 0.25) is 0 Å². The van der Waals surface area contributed by atoms with Gasteiger partial charge in [-0.1, -0.05) is 0 Å². The van der Waals surface area contributed by atoms with Gasteiger partial charge in [-0.15, -0.1) is 0 Å². The molecule has 7 heterocycles. The highest BCUT2D eigenvalue weighted by Gasteiger charge is 2.59. The molecule has 0 spiro atoms. The summed E-state index contributed by atoms with van der Waals surface area (Å²) in [6.45, 7) is -5.24. The molecule has 86 heavy (non-hydrogen) atoms. The van der Waals surface area contributed by atoms with E-state index in [2.05, 4.69) is 10.6 Å². The van der Waals surface area contributed by atoms with E-state index >= 15 is 0 Å². The van der Waals surface area contributed by atoms with Gasteiger partial charge in [0.25, 0.3) is 0 Å². The molecule has 2 amide bonds. The molecule has 7 saturated heterocycles. The molecule has 0 bridgehead atoms. The molecule has 7 fully saturated rings. The van der Waals surface area contributed by atoms with Gasteiger partial charge in [0.05, 0.1) is 46.2 Å². The van der Waals surface area contributed by atoms with Crippen molar-refractivity contribution in [3.63, 3.8) is 0 Å². The molecule has 0 radical (unpaired) electrons. The molecule has 24 N–H and O–H groups in total. The summed E-state index contributed by atoms with van der Waals surface area (Å²) in [5, 5.41) is 241. The SMILES string of the molecule is CC(=O)N[C@H]1[C@@H](O[C@H]2[C@@H](O)[C@@H](CO)O[C@@H](O[C@H]3[C@@H](O)[C@@H](CO)O[C@H](O[C@@H]4[C@H](O)[C@@H](O)[C@H](O[C@H]5[C@H](O)[C@@H](O)[C@H](O[C@@H](CO)[C@H]6O[C@H](O)[C@@H](O)[C@@H](O)[C@@H]6O[C@@H]6O[C@H](CO)[C@@H](O)[C@H](O)[C@H]6O)O[C@@H]5CO)O[C@@H]4CO)[C@@H]3O)[C@@H]2NC(C)=O)O[C@H](CO)[C@H](O)[C@@H]1O. The molecule has 7 rings (SSSR count). The van der Waals surface area contributed by atoms with Crippen molar-refractivity contribution in [3.05, 3.63) is 0 Å². The lowest BCUT2D eigenvalue weighted by Crippen LogP contribution is -2.71. The number of hydrogen-bond acceptors (Lipinski definition) is 37. The first-order valence-electron chi connectivity index (χ1n) is 27.2. The van der Waals surface area contributed by atoms with Gasteiger partial charge in [0.2, 0.25) is 11.8 Å². The Balaban J connectivity index is 1.04. The Hall–Kier alpha value is -2.46. The van der Waals surface area contributed by atoms with Crippen LogP contribution in [0.3, 0.4) is 0 Å². The number of aliphatic hydroxyl groups is 22. The van der Waals surface area contributed by atoms with Gasteiger partial charge in [0.1, 0.15) is 177 Å². The summed E-state index contributed by atoms with van der Waals surface area (Å²) in [7, 11) is 0. The van der Waals surface area contributed by atoms with Gasteiger partial charge < -0.3 is 185 Å². The van der Waals surface area contributed by atoms with E-state index in [0.29, 0.717) is 0 Å². The molecular weight excluding hydrogens is 1180 g/mol. The maximum absolute atomic E-state index is 12.7. The number of rotatable bonds is 22. The topological polar surface area (TPSA) is 623 Å². The van der Waals surface area contributed by atoms with Crippen molar-refractivity contribution in [1.82, 2.24) is 10.6 Å². The number of hydrogen-bond donors (Lipinski definition) is 24. The summed E-state index contributed by atoms with van der Waals surface area (Å²) >= 11 is 0. The Morgan fingerprint density at radius 1 is 0.337 bits per heavy atom. The third-order valence-electron chi connectivity index (χ3n) is 15.7. The van der Waals surface area contributed by atoms with Crippen LogP contribution in [0.15, 0.2) is 0 Å². The molecule has 0 saturated carbocycles. The molecule has 36 atom stereocenters. The van der Waals surface area contributed by atoms with Crippen LogP contribution in [0, 0.1) is 0 Å². The minimum absolute atomic E-state index is 0.767. The fraction of sp³-hybridized carbons (Fsp3) is 0.957. The molecule has 0 aromatic rings. The van der Waals surface area contributed by atoms with Crippen LogP contribution in [0.1, 0.15) is 13.8 Å². The van der Waals surface area contributed by atoms with Gasteiger partial charge in [-0.25, -0.2) is 0 Å². The lowest BCUT2D eigenvalue weighted by molar-refractivity contribution is -0.393. The average molecular weight is 1270 g/mol. The Labute approximate surface area is 486 Å². The van der Waals surface area contributed by atoms with Crippen LogP contribution in [-0.4, -0.2) is 391 Å². The zero-order chi connectivity index (χ0) is 63.5. The zero-order valence-corrected chi connectivity index (χ0v) is 45.7. The fourth-order valence-corrected chi connectivity index (χ4v) is 11.0. The van der Waals surface area contributed by atoms with Crippen LogP contribution in [0.5, 0.6) is 0 Å². The summed E-state index contributed by atoms with van der Waals surface area (Å²) in [5.74, 6) is -1.63. The molecule has 7 aliphatic heterocycles. The molecule has 500 valence electrons. The largest absolute Gasteiger partial charge is 0.394 e. The zero-order valence-electron chi connectivity index (χ0n) is 45.7. The third-order valence-corrected chi connectivity index (χ3v) is 15.7. The van der Waals surface area contributed by atoms with Crippen molar-refractivity contribution in [2.45, 2.75) is 235 Å². The lowest BCUT2D eigenvalue weighted by Gasteiger charge is -2.50. The number of carbonyl (C=O) groups excluding carboxylic acids is 2. The predicted molar refractivity (Wildman–Crippen MR) is 261 cm³/mol. The first-order valence-corrected chi connectivity index (χ1v) is 27.2. The second-order valence-electron chi connectivity index (χ2n) is 21.5. The highest BCUT2D eigenvalue weighted by molar-refractivity contribution is 5.73. The third kappa shape index (κ3) is 15.0. The summed E-state index contributed by atoms with van der Waals surface area (Å²) in [6, 6.07) is -3.37. The van der Waals surface area contributed by atoms with Crippen LogP contribution >= 0.6 is 0 Å². The van der Waals surface area contributed by atoms with Gasteiger partial charge >= 0.3 is 0 Å². The molecule has 0 unspecified atom stereocenters. The Morgan fingerprint density at radius 2 is 0.686 bits per heavy atom. The highest BCUT2D eigenvalue weighted by atomic mass is 16.8. The summed E-state index contributed by atoms with van der Waals surface area (Å²) < 4.78 is 74.0. The smallest absolute Gasteiger partial charge is 0.217 e. The van der Waals surface area contributed by atoms with E-state index in [4.69, 9.17) is 61.6 Å². The van der Waals surface area contributed by atoms with Crippen LogP contribution in [-0.2, 0) is 71.2 Å². The summed E-state index contributed by atoms with van der Waals surface area (Å²) in [5.41, 5.74) is 0. The Bertz CT molecular complexity index is 2110. The quantitative estimate of drug-likeness (QED) is 0.0479. The second kappa shape index (κ2) is 30.8. The fourth-order valence-electron chi connectivity index (χ4n) is 11.0. The molecule has 7 aliphatic rings. The molecule has 39 nitrogen and oxygen atoms in total. The molecule has 0 aliphatic carbocycles. The minimum atomic E-state index is -2.30. The second-order valence-corrected chi connectivity index (χ2v) is 21.5. The predicted octanol–water partition coefficient (Wildman–Crippen LogP) is -16.6. The maximum Gasteiger partial charge on any atom is 0.217 e. The van der Waals surface area contributed by atoms with E-state index in [1.165, 1.54) is 0 Å². The van der Waals surface area contributed by atoms with Crippen molar-refractivity contribution in [2.24, 2.45) is 0 Å². The van der Waals surface area contributed by atoms with Crippen molar-refractivity contribution < 1.29 is 184 Å². The van der Waals surface area contributed by atoms with Crippen molar-refractivity contribution in [3.8, 4) is 0 Å². The van der Waals surface area contributed by atoms with Gasteiger partial charge in [-0.2, -0.15) is 0 Å². The molecule has 0 aromatic carbocycles. The van der Waals surface area contributed by atoms with Gasteiger partial charge in [-0.05, 0) is 0 Å². The first-order chi connectivity index (χ1) is 40.7. The molecular formula is C47H80N2O37. The van der Waals surface area contributed by atoms with E-state index in [-0.39, 0.29) is 0 Å². The van der Waals surface area contributed by atoms with Gasteiger partial charge in [0, 0.05) is 13.8 Å². The molecule has 39 heteroatoms. The number of carbonyl (C=O) groups is 2. The van der Waals surface area contributed by atoms with E-state index < -0.39 is 279 Å². The number of amides is 2. The van der Waals surface area contributed by atoms with Crippen LogP contribution < -0.4 is 10.6 Å². The van der Waals surface area contributed by atoms with Crippen molar-refractivity contribution >= 4 is 11.8 Å². The Morgan fingerprint density at radius 3 is 1.17 bits per heavy atom. The van der Waals surface area contributed by atoms with E-state index in [0.717, 1.165) is 13.8 Å². The average Bonchev–Trinajstić information content (AvgIpc) is 3.20. The van der Waals surface area contributed by atoms with Crippen molar-refractivity contribution in [2.75, 3.05) is 46.2 Å². The summed E-state index contributed by atoms with van der Waals surface area (Å²) in [4.78, 5) is 24.9. The normalized spacial score (nSPS) is 49.8. The van der Waals surface area contributed by atoms with Crippen LogP contribution in [0.25, 0.3) is 0 Å². The van der Waals surface area contributed by atoms with E-state index in [1.54, 1.807) is 0 Å². The lowest BCUT2D eigenvalue weighted by atomic mass is 9.93.